The molecule has 0 N–H and O–H groups in total. The molecule has 0 atom stereocenters. The fourth-order valence-corrected chi connectivity index (χ4v) is 9.97. The molecular formula is C51H33N3. The Morgan fingerprint density at radius 3 is 1.76 bits per heavy atom. The zero-order chi connectivity index (χ0) is 35.7. The fourth-order valence-electron chi connectivity index (χ4n) is 9.97. The molecule has 1 spiro atoms. The highest BCUT2D eigenvalue weighted by Crippen LogP contribution is 2.62. The predicted octanol–water partition coefficient (Wildman–Crippen LogP) is 12.5. The molecule has 0 radical (unpaired) electrons. The van der Waals surface area contributed by atoms with Crippen molar-refractivity contribution in [3.05, 3.63) is 197 Å². The molecule has 0 amide bonds. The number of hydrogen-bond donors (Lipinski definition) is 0. The van der Waals surface area contributed by atoms with Gasteiger partial charge in [0.2, 0.25) is 5.95 Å². The zero-order valence-electron chi connectivity index (χ0n) is 29.9. The van der Waals surface area contributed by atoms with Crippen molar-refractivity contribution in [3.8, 4) is 39.5 Å². The molecule has 8 aromatic carbocycles. The topological polar surface area (TPSA) is 30.7 Å². The van der Waals surface area contributed by atoms with Crippen LogP contribution in [0.4, 0.5) is 0 Å². The number of rotatable bonds is 3. The summed E-state index contributed by atoms with van der Waals surface area (Å²) < 4.78 is 2.34. The molecule has 12 rings (SSSR count). The Kier molecular flexibility index (Phi) is 5.84. The average Bonchev–Trinajstić information content (AvgIpc) is 3.70. The Morgan fingerprint density at radius 1 is 0.426 bits per heavy atom. The van der Waals surface area contributed by atoms with Gasteiger partial charge in [-0.15, -0.1) is 0 Å². The van der Waals surface area contributed by atoms with Crippen LogP contribution < -0.4 is 0 Å². The van der Waals surface area contributed by atoms with Crippen molar-refractivity contribution in [3.63, 3.8) is 0 Å². The summed E-state index contributed by atoms with van der Waals surface area (Å²) in [5, 5.41) is 6.15. The van der Waals surface area contributed by atoms with E-state index in [0.29, 0.717) is 5.95 Å². The molecular weight excluding hydrogens is 655 g/mol. The van der Waals surface area contributed by atoms with E-state index in [4.69, 9.17) is 9.97 Å². The van der Waals surface area contributed by atoms with E-state index in [2.05, 4.69) is 182 Å². The van der Waals surface area contributed by atoms with Crippen LogP contribution in [-0.2, 0) is 5.41 Å². The third-order valence-electron chi connectivity index (χ3n) is 12.1. The largest absolute Gasteiger partial charge is 0.278 e. The highest BCUT2D eigenvalue weighted by molar-refractivity contribution is 6.28. The van der Waals surface area contributed by atoms with E-state index in [0.717, 1.165) is 33.2 Å². The molecule has 0 saturated carbocycles. The molecule has 2 heterocycles. The van der Waals surface area contributed by atoms with E-state index in [1.807, 2.05) is 0 Å². The van der Waals surface area contributed by atoms with Gasteiger partial charge in [0.15, 0.2) is 0 Å². The second-order valence-corrected chi connectivity index (χ2v) is 15.1. The quantitative estimate of drug-likeness (QED) is 0.185. The Bertz CT molecular complexity index is 3180. The maximum Gasteiger partial charge on any atom is 0.235 e. The van der Waals surface area contributed by atoms with Crippen molar-refractivity contribution in [2.24, 2.45) is 0 Å². The van der Waals surface area contributed by atoms with Crippen LogP contribution in [0.15, 0.2) is 164 Å². The first-order chi connectivity index (χ1) is 26.6. The molecule has 0 saturated heterocycles. The van der Waals surface area contributed by atoms with Crippen LogP contribution in [0.1, 0.15) is 33.4 Å². The lowest BCUT2D eigenvalue weighted by atomic mass is 9.63. The Hall–Kier alpha value is -6.84. The molecule has 10 aromatic rings. The van der Waals surface area contributed by atoms with Crippen LogP contribution in [0, 0.1) is 13.8 Å². The number of hydrogen-bond acceptors (Lipinski definition) is 2. The summed E-state index contributed by atoms with van der Waals surface area (Å²) in [6.07, 6.45) is 0. The van der Waals surface area contributed by atoms with E-state index >= 15 is 0 Å². The fraction of sp³-hybridized carbons (Fsp3) is 0.0588. The second kappa shape index (κ2) is 10.6. The van der Waals surface area contributed by atoms with Crippen LogP contribution in [0.3, 0.4) is 0 Å². The maximum absolute atomic E-state index is 5.48. The summed E-state index contributed by atoms with van der Waals surface area (Å²) in [7, 11) is 0. The molecule has 54 heavy (non-hydrogen) atoms. The highest BCUT2D eigenvalue weighted by Gasteiger charge is 2.50. The summed E-state index contributed by atoms with van der Waals surface area (Å²) >= 11 is 0. The van der Waals surface area contributed by atoms with Gasteiger partial charge in [-0.2, -0.15) is 0 Å². The minimum atomic E-state index is -0.508. The molecule has 2 aliphatic rings. The van der Waals surface area contributed by atoms with Crippen LogP contribution in [-0.4, -0.2) is 14.5 Å². The monoisotopic (exact) mass is 687 g/mol. The standard InChI is InChI=1S/C51H33N3/c1-30-23-25-39-37(27-30)38-28-31(2)24-26-40(38)51(39)41-19-11-18-34-36(32-13-5-3-6-14-32)29-45-48(46(34)41)47-42(51)20-12-22-44(47)54(45)50-52-43-21-10-9-17-35(43)49(53-50)33-15-7-4-8-16-33/h3-29H,1-2H3. The molecule has 252 valence electrons. The van der Waals surface area contributed by atoms with Crippen molar-refractivity contribution in [1.29, 1.82) is 0 Å². The summed E-state index contributed by atoms with van der Waals surface area (Å²) in [6, 6.07) is 60.2. The average molecular weight is 688 g/mol. The normalized spacial score (nSPS) is 13.5. The van der Waals surface area contributed by atoms with E-state index in [-0.39, 0.29) is 0 Å². The molecule has 0 unspecified atom stereocenters. The van der Waals surface area contributed by atoms with Crippen molar-refractivity contribution in [2.75, 3.05) is 0 Å². The SMILES string of the molecule is Cc1ccc2c(c1)-c1cc(C)ccc1C21c2cccc3c(-c4ccccc4)cc4c(c23)c2c1cccc2n4-c1nc(-c2ccccc2)c2ccccc2n1. The molecule has 0 aliphatic heterocycles. The number of nitrogens with zero attached hydrogens (tertiary/aromatic N) is 3. The summed E-state index contributed by atoms with van der Waals surface area (Å²) in [5.41, 5.74) is 17.6. The van der Waals surface area contributed by atoms with E-state index in [1.54, 1.807) is 0 Å². The highest BCUT2D eigenvalue weighted by atomic mass is 15.2. The van der Waals surface area contributed by atoms with Gasteiger partial charge in [0.05, 0.1) is 27.7 Å². The third-order valence-corrected chi connectivity index (χ3v) is 12.1. The minimum Gasteiger partial charge on any atom is -0.278 e. The van der Waals surface area contributed by atoms with Crippen LogP contribution in [0.25, 0.3) is 82.9 Å². The van der Waals surface area contributed by atoms with Gasteiger partial charge in [-0.05, 0) is 87.3 Å². The summed E-state index contributed by atoms with van der Waals surface area (Å²) in [5.74, 6) is 0.676. The number of aromatic nitrogens is 3. The van der Waals surface area contributed by atoms with Crippen LogP contribution >= 0.6 is 0 Å². The lowest BCUT2D eigenvalue weighted by Gasteiger charge is -2.38. The van der Waals surface area contributed by atoms with Gasteiger partial charge in [0.1, 0.15) is 0 Å². The number of aryl methyl sites for hydroxylation is 2. The Balaban J connectivity index is 1.31. The van der Waals surface area contributed by atoms with E-state index in [9.17, 15) is 0 Å². The Labute approximate surface area is 312 Å². The second-order valence-electron chi connectivity index (χ2n) is 15.1. The molecule has 3 nitrogen and oxygen atoms in total. The first kappa shape index (κ1) is 29.7. The van der Waals surface area contributed by atoms with Gasteiger partial charge in [-0.1, -0.05) is 157 Å². The van der Waals surface area contributed by atoms with E-state index < -0.39 is 5.41 Å². The summed E-state index contributed by atoms with van der Waals surface area (Å²) in [4.78, 5) is 10.8. The number of para-hydroxylation sites is 1. The zero-order valence-corrected chi connectivity index (χ0v) is 29.9. The Morgan fingerprint density at radius 2 is 1.04 bits per heavy atom. The molecule has 3 heteroatoms. The van der Waals surface area contributed by atoms with Crippen molar-refractivity contribution in [1.82, 2.24) is 14.5 Å². The predicted molar refractivity (Wildman–Crippen MR) is 223 cm³/mol. The van der Waals surface area contributed by atoms with Crippen LogP contribution in [0.2, 0.25) is 0 Å². The lowest BCUT2D eigenvalue weighted by Crippen LogP contribution is -2.30. The van der Waals surface area contributed by atoms with Gasteiger partial charge in [0, 0.05) is 21.7 Å². The molecule has 0 fully saturated rings. The van der Waals surface area contributed by atoms with Gasteiger partial charge in [-0.25, -0.2) is 9.97 Å². The minimum absolute atomic E-state index is 0.508. The molecule has 2 aromatic heterocycles. The summed E-state index contributed by atoms with van der Waals surface area (Å²) in [6.45, 7) is 4.42. The third kappa shape index (κ3) is 3.71. The first-order valence-corrected chi connectivity index (χ1v) is 18.8. The maximum atomic E-state index is 5.48. The lowest BCUT2D eigenvalue weighted by molar-refractivity contribution is 0.782. The van der Waals surface area contributed by atoms with Gasteiger partial charge < -0.3 is 0 Å². The van der Waals surface area contributed by atoms with Crippen molar-refractivity contribution < 1.29 is 0 Å². The smallest absolute Gasteiger partial charge is 0.235 e. The first-order valence-electron chi connectivity index (χ1n) is 18.8. The molecule has 0 bridgehead atoms. The number of fused-ring (bicyclic) bond motifs is 8. The number of benzene rings is 8. The van der Waals surface area contributed by atoms with Gasteiger partial charge in [0.25, 0.3) is 0 Å². The van der Waals surface area contributed by atoms with Crippen LogP contribution in [0.5, 0.6) is 0 Å². The van der Waals surface area contributed by atoms with Gasteiger partial charge >= 0.3 is 0 Å². The van der Waals surface area contributed by atoms with Gasteiger partial charge in [-0.3, -0.25) is 4.57 Å². The van der Waals surface area contributed by atoms with Crippen molar-refractivity contribution >= 4 is 43.5 Å². The van der Waals surface area contributed by atoms with E-state index in [1.165, 1.54) is 77.2 Å². The molecule has 2 aliphatic carbocycles. The van der Waals surface area contributed by atoms with Crippen molar-refractivity contribution in [2.45, 2.75) is 19.3 Å².